The van der Waals surface area contributed by atoms with Gasteiger partial charge in [0.25, 0.3) is 5.91 Å². The fourth-order valence-electron chi connectivity index (χ4n) is 2.10. The summed E-state index contributed by atoms with van der Waals surface area (Å²) in [5, 5.41) is 14.4. The normalized spacial score (nSPS) is 9.92. The highest BCUT2D eigenvalue weighted by molar-refractivity contribution is 6.02. The lowest BCUT2D eigenvalue weighted by atomic mass is 10.2. The minimum Gasteiger partial charge on any atom is -0.324 e. The van der Waals surface area contributed by atoms with E-state index in [1.54, 1.807) is 30.3 Å². The van der Waals surface area contributed by atoms with Crippen LogP contribution in [0, 0.1) is 17.1 Å². The summed E-state index contributed by atoms with van der Waals surface area (Å²) >= 11 is 0. The molecule has 1 amide bonds. The Morgan fingerprint density at radius 2 is 1.88 bits per heavy atom. The maximum atomic E-state index is 13.2. The average Bonchev–Trinajstić information content (AvgIpc) is 2.62. The maximum Gasteiger partial charge on any atom is 0.274 e. The highest BCUT2D eigenvalue weighted by atomic mass is 19.1. The van der Waals surface area contributed by atoms with E-state index in [0.717, 1.165) is 0 Å². The number of rotatable bonds is 4. The van der Waals surface area contributed by atoms with Gasteiger partial charge in [-0.3, -0.25) is 4.79 Å². The summed E-state index contributed by atoms with van der Waals surface area (Å²) in [5.41, 5.74) is 1.57. The Morgan fingerprint density at radius 1 is 1.08 bits per heavy atom. The molecule has 0 unspecified atom stereocenters. The van der Waals surface area contributed by atoms with Crippen LogP contribution in [-0.4, -0.2) is 15.9 Å². The minimum atomic E-state index is -0.484. The highest BCUT2D eigenvalue weighted by Crippen LogP contribution is 2.15. The first-order chi connectivity index (χ1) is 12.1. The van der Waals surface area contributed by atoms with Crippen LogP contribution in [0.3, 0.4) is 0 Å². The number of hydrogen-bond acceptors (Lipinski definition) is 5. The second kappa shape index (κ2) is 7.19. The molecule has 6 nitrogen and oxygen atoms in total. The molecular formula is C18H12FN5O. The number of anilines is 3. The number of aromatic nitrogens is 2. The molecule has 2 N–H and O–H groups in total. The Bertz CT molecular complexity index is 967. The molecule has 0 aliphatic rings. The van der Waals surface area contributed by atoms with E-state index in [9.17, 15) is 9.18 Å². The monoisotopic (exact) mass is 333 g/mol. The number of nitriles is 1. The molecule has 122 valence electrons. The molecular weight excluding hydrogens is 321 g/mol. The predicted molar refractivity (Wildman–Crippen MR) is 90.8 cm³/mol. The molecule has 25 heavy (non-hydrogen) atoms. The highest BCUT2D eigenvalue weighted by Gasteiger charge is 2.10. The van der Waals surface area contributed by atoms with Crippen molar-refractivity contribution in [3.05, 3.63) is 77.9 Å². The third-order valence-corrected chi connectivity index (χ3v) is 3.22. The van der Waals surface area contributed by atoms with Crippen LogP contribution in [0.1, 0.15) is 16.1 Å². The summed E-state index contributed by atoms with van der Waals surface area (Å²) in [5.74, 6) is -0.718. The van der Waals surface area contributed by atoms with Crippen LogP contribution in [0.5, 0.6) is 0 Å². The van der Waals surface area contributed by atoms with E-state index >= 15 is 0 Å². The van der Waals surface area contributed by atoms with E-state index in [0.29, 0.717) is 16.9 Å². The van der Waals surface area contributed by atoms with Gasteiger partial charge in [-0.15, -0.1) is 0 Å². The van der Waals surface area contributed by atoms with Gasteiger partial charge < -0.3 is 10.6 Å². The number of nitrogens with zero attached hydrogens (tertiary/aromatic N) is 3. The number of amides is 1. The number of benzene rings is 2. The maximum absolute atomic E-state index is 13.2. The average molecular weight is 333 g/mol. The van der Waals surface area contributed by atoms with E-state index < -0.39 is 11.7 Å². The Kier molecular flexibility index (Phi) is 4.62. The van der Waals surface area contributed by atoms with Crippen molar-refractivity contribution in [2.24, 2.45) is 0 Å². The Hall–Kier alpha value is -3.79. The number of carbonyl (C=O) groups is 1. The molecule has 0 aliphatic heterocycles. The molecule has 0 spiro atoms. The zero-order valence-corrected chi connectivity index (χ0v) is 12.9. The van der Waals surface area contributed by atoms with Gasteiger partial charge in [0.05, 0.1) is 11.6 Å². The van der Waals surface area contributed by atoms with Crippen molar-refractivity contribution in [3.8, 4) is 6.07 Å². The summed E-state index contributed by atoms with van der Waals surface area (Å²) in [6.45, 7) is 0. The smallest absolute Gasteiger partial charge is 0.274 e. The van der Waals surface area contributed by atoms with Crippen molar-refractivity contribution < 1.29 is 9.18 Å². The van der Waals surface area contributed by atoms with Gasteiger partial charge in [0.1, 0.15) is 11.5 Å². The molecule has 1 aromatic heterocycles. The first-order valence-electron chi connectivity index (χ1n) is 7.31. The van der Waals surface area contributed by atoms with Gasteiger partial charge in [0, 0.05) is 17.6 Å². The standard InChI is InChI=1S/C18H12FN5O/c19-13-4-2-6-15(10-13)22-17(25)16-7-8-21-18(24-16)23-14-5-1-3-12(9-14)11-20/h1-10H,(H,22,25)(H,21,23,24). The van der Waals surface area contributed by atoms with Crippen LogP contribution >= 0.6 is 0 Å². The molecule has 1 heterocycles. The van der Waals surface area contributed by atoms with Crippen molar-refractivity contribution in [2.45, 2.75) is 0 Å². The van der Waals surface area contributed by atoms with Crippen molar-refractivity contribution >= 4 is 23.2 Å². The van der Waals surface area contributed by atoms with E-state index in [1.807, 2.05) is 6.07 Å². The van der Waals surface area contributed by atoms with Crippen LogP contribution in [-0.2, 0) is 0 Å². The fourth-order valence-corrected chi connectivity index (χ4v) is 2.10. The number of nitrogens with one attached hydrogen (secondary N) is 2. The molecule has 0 saturated carbocycles. The molecule has 0 fully saturated rings. The summed E-state index contributed by atoms with van der Waals surface area (Å²) in [4.78, 5) is 20.4. The predicted octanol–water partition coefficient (Wildman–Crippen LogP) is 3.48. The second-order valence-corrected chi connectivity index (χ2v) is 5.05. The topological polar surface area (TPSA) is 90.7 Å². The first-order valence-corrected chi connectivity index (χ1v) is 7.31. The van der Waals surface area contributed by atoms with Crippen molar-refractivity contribution in [1.82, 2.24) is 9.97 Å². The van der Waals surface area contributed by atoms with Crippen LogP contribution in [0.2, 0.25) is 0 Å². The van der Waals surface area contributed by atoms with E-state index in [4.69, 9.17) is 5.26 Å². The molecule has 7 heteroatoms. The SMILES string of the molecule is N#Cc1cccc(Nc2nccc(C(=O)Nc3cccc(F)c3)n2)c1. The zero-order chi connectivity index (χ0) is 17.6. The zero-order valence-electron chi connectivity index (χ0n) is 12.9. The van der Waals surface area contributed by atoms with Gasteiger partial charge in [0.2, 0.25) is 5.95 Å². The number of halogens is 1. The minimum absolute atomic E-state index is 0.123. The van der Waals surface area contributed by atoms with Crippen LogP contribution < -0.4 is 10.6 Å². The lowest BCUT2D eigenvalue weighted by Crippen LogP contribution is -2.14. The summed E-state index contributed by atoms with van der Waals surface area (Å²) in [7, 11) is 0. The second-order valence-electron chi connectivity index (χ2n) is 5.05. The Balaban J connectivity index is 1.76. The van der Waals surface area contributed by atoms with Gasteiger partial charge in [-0.2, -0.15) is 5.26 Å². The van der Waals surface area contributed by atoms with Crippen LogP contribution in [0.15, 0.2) is 60.8 Å². The quantitative estimate of drug-likeness (QED) is 0.763. The lowest BCUT2D eigenvalue weighted by Gasteiger charge is -2.07. The molecule has 2 aromatic carbocycles. The third kappa shape index (κ3) is 4.14. The van der Waals surface area contributed by atoms with Crippen LogP contribution in [0.25, 0.3) is 0 Å². The van der Waals surface area contributed by atoms with Crippen molar-refractivity contribution in [2.75, 3.05) is 10.6 Å². The van der Waals surface area contributed by atoms with Gasteiger partial charge >= 0.3 is 0 Å². The largest absolute Gasteiger partial charge is 0.324 e. The van der Waals surface area contributed by atoms with Gasteiger partial charge in [-0.25, -0.2) is 14.4 Å². The van der Waals surface area contributed by atoms with Crippen molar-refractivity contribution in [1.29, 1.82) is 5.26 Å². The van der Waals surface area contributed by atoms with Crippen LogP contribution in [0.4, 0.5) is 21.7 Å². The molecule has 0 atom stereocenters. The van der Waals surface area contributed by atoms with Gasteiger partial charge in [0.15, 0.2) is 0 Å². The molecule has 0 radical (unpaired) electrons. The van der Waals surface area contributed by atoms with Crippen molar-refractivity contribution in [3.63, 3.8) is 0 Å². The molecule has 3 rings (SSSR count). The molecule has 0 saturated heterocycles. The fraction of sp³-hybridized carbons (Fsp3) is 0. The number of hydrogen-bond donors (Lipinski definition) is 2. The number of carbonyl (C=O) groups excluding carboxylic acids is 1. The Labute approximate surface area is 143 Å². The van der Waals surface area contributed by atoms with E-state index in [-0.39, 0.29) is 11.6 Å². The summed E-state index contributed by atoms with van der Waals surface area (Å²) < 4.78 is 13.2. The van der Waals surface area contributed by atoms with E-state index in [1.165, 1.54) is 30.5 Å². The molecule has 3 aromatic rings. The van der Waals surface area contributed by atoms with Gasteiger partial charge in [-0.1, -0.05) is 12.1 Å². The molecule has 0 aliphatic carbocycles. The Morgan fingerprint density at radius 3 is 2.68 bits per heavy atom. The van der Waals surface area contributed by atoms with Gasteiger partial charge in [-0.05, 0) is 42.5 Å². The third-order valence-electron chi connectivity index (χ3n) is 3.22. The van der Waals surface area contributed by atoms with E-state index in [2.05, 4.69) is 20.6 Å². The summed E-state index contributed by atoms with van der Waals surface area (Å²) in [6, 6.07) is 15.9. The lowest BCUT2D eigenvalue weighted by molar-refractivity contribution is 0.102. The first kappa shape index (κ1) is 16.1. The molecule has 0 bridgehead atoms. The summed E-state index contributed by atoms with van der Waals surface area (Å²) in [6.07, 6.45) is 1.43.